The molecule has 0 radical (unpaired) electrons. The Morgan fingerprint density at radius 2 is 1.77 bits per heavy atom. The number of hydrogen-bond acceptors (Lipinski definition) is 4. The van der Waals surface area contributed by atoms with Crippen molar-refractivity contribution >= 4 is 23.2 Å². The molecule has 3 aromatic carbocycles. The monoisotopic (exact) mass is 505 g/mol. The van der Waals surface area contributed by atoms with Crippen LogP contribution >= 0.6 is 11.6 Å². The van der Waals surface area contributed by atoms with Crippen LogP contribution in [0.1, 0.15) is 24.9 Å². The number of carbonyl (C=O) groups is 1. The molecular formula is C25H23ClF3N3O3. The van der Waals surface area contributed by atoms with Crippen molar-refractivity contribution < 1.29 is 29.2 Å². The fraction of sp³-hybridized carbons (Fsp3) is 0.120. The van der Waals surface area contributed by atoms with E-state index in [1.165, 1.54) is 43.5 Å². The fourth-order valence-corrected chi connectivity index (χ4v) is 3.51. The van der Waals surface area contributed by atoms with Gasteiger partial charge >= 0.3 is 6.18 Å². The van der Waals surface area contributed by atoms with Gasteiger partial charge in [-0.25, -0.2) is 4.68 Å². The molecule has 6 nitrogen and oxygen atoms in total. The first-order valence-corrected chi connectivity index (χ1v) is 10.3. The highest BCUT2D eigenvalue weighted by Crippen LogP contribution is 2.35. The third kappa shape index (κ3) is 5.41. The van der Waals surface area contributed by atoms with Crippen molar-refractivity contribution in [1.29, 1.82) is 0 Å². The Balaban J connectivity index is 0.00000228. The van der Waals surface area contributed by atoms with Crippen molar-refractivity contribution in [2.24, 2.45) is 0 Å². The number of aromatic nitrogens is 2. The fourth-order valence-electron chi connectivity index (χ4n) is 3.30. The molecule has 4 rings (SSSR count). The van der Waals surface area contributed by atoms with E-state index in [1.807, 2.05) is 0 Å². The summed E-state index contributed by atoms with van der Waals surface area (Å²) < 4.78 is 46.2. The van der Waals surface area contributed by atoms with Crippen LogP contribution < -0.4 is 10.1 Å². The molecule has 0 atom stereocenters. The van der Waals surface area contributed by atoms with Crippen LogP contribution in [0.15, 0.2) is 72.8 Å². The maximum atomic E-state index is 13.4. The quantitative estimate of drug-likeness (QED) is 0.304. The molecule has 2 N–H and O–H groups in total. The molecule has 10 heteroatoms. The van der Waals surface area contributed by atoms with Crippen LogP contribution in [0.2, 0.25) is 5.02 Å². The second kappa shape index (κ2) is 10.1. The number of halogens is 4. The summed E-state index contributed by atoms with van der Waals surface area (Å²) in [5.74, 6) is -0.341. The Morgan fingerprint density at radius 3 is 2.37 bits per heavy atom. The average Bonchev–Trinajstić information content (AvgIpc) is 3.25. The van der Waals surface area contributed by atoms with Crippen molar-refractivity contribution in [3.63, 3.8) is 0 Å². The number of aromatic hydroxyl groups is 1. The summed E-state index contributed by atoms with van der Waals surface area (Å²) in [6.45, 7) is 0. The van der Waals surface area contributed by atoms with Gasteiger partial charge in [-0.05, 0) is 42.5 Å². The smallest absolute Gasteiger partial charge is 0.435 e. The van der Waals surface area contributed by atoms with Gasteiger partial charge in [-0.15, -0.1) is 0 Å². The van der Waals surface area contributed by atoms with Gasteiger partial charge in [-0.2, -0.15) is 18.3 Å². The molecule has 0 bridgehead atoms. The molecule has 35 heavy (non-hydrogen) atoms. The standard InChI is InChI=1S/C24H17ClF3N3O3.CH4.H2/c1-34-21-11-10-16(12-20(21)32)29-23(33)15-8-6-14(7-9-15)19-13-22(24(26,27)28)30-31(19)18-5-3-2-4-17(18)25;;/h2-13,32H,1H3,(H,29,33);1H4;1H. The Bertz CT molecular complexity index is 1360. The van der Waals surface area contributed by atoms with E-state index in [0.717, 1.165) is 10.7 Å². The van der Waals surface area contributed by atoms with Crippen LogP contribution in [0, 0.1) is 0 Å². The van der Waals surface area contributed by atoms with Gasteiger partial charge < -0.3 is 15.2 Å². The molecule has 0 spiro atoms. The number of hydrogen-bond donors (Lipinski definition) is 2. The number of amides is 1. The Kier molecular flexibility index (Phi) is 7.40. The number of anilines is 1. The first-order valence-electron chi connectivity index (χ1n) is 9.88. The second-order valence-corrected chi connectivity index (χ2v) is 7.60. The summed E-state index contributed by atoms with van der Waals surface area (Å²) in [4.78, 5) is 12.6. The van der Waals surface area contributed by atoms with Crippen molar-refractivity contribution in [1.82, 2.24) is 9.78 Å². The molecule has 184 valence electrons. The van der Waals surface area contributed by atoms with Gasteiger partial charge in [-0.1, -0.05) is 43.3 Å². The summed E-state index contributed by atoms with van der Waals surface area (Å²) in [6, 6.07) is 17.7. The van der Waals surface area contributed by atoms with Crippen molar-refractivity contribution in [3.05, 3.63) is 89.1 Å². The molecule has 0 aliphatic heterocycles. The number of phenols is 1. The number of nitrogens with zero attached hydrogens (tertiary/aromatic N) is 2. The molecule has 1 aromatic heterocycles. The highest BCUT2D eigenvalue weighted by Gasteiger charge is 2.35. The van der Waals surface area contributed by atoms with Crippen molar-refractivity contribution in [2.75, 3.05) is 12.4 Å². The van der Waals surface area contributed by atoms with Crippen LogP contribution in [0.5, 0.6) is 11.5 Å². The molecule has 0 saturated heterocycles. The molecule has 0 saturated carbocycles. The van der Waals surface area contributed by atoms with E-state index < -0.39 is 17.8 Å². The van der Waals surface area contributed by atoms with E-state index in [4.69, 9.17) is 16.3 Å². The number of carbonyl (C=O) groups excluding carboxylic acids is 1. The number of para-hydroxylation sites is 1. The van der Waals surface area contributed by atoms with Gasteiger partial charge in [0, 0.05) is 24.3 Å². The van der Waals surface area contributed by atoms with Gasteiger partial charge in [-0.3, -0.25) is 4.79 Å². The van der Waals surface area contributed by atoms with E-state index in [0.29, 0.717) is 11.3 Å². The Labute approximate surface area is 206 Å². The van der Waals surface area contributed by atoms with Crippen molar-refractivity contribution in [3.8, 4) is 28.4 Å². The van der Waals surface area contributed by atoms with Gasteiger partial charge in [0.25, 0.3) is 5.91 Å². The third-order valence-electron chi connectivity index (χ3n) is 4.96. The molecule has 0 aliphatic carbocycles. The zero-order chi connectivity index (χ0) is 24.5. The maximum absolute atomic E-state index is 13.4. The lowest BCUT2D eigenvalue weighted by atomic mass is 10.1. The van der Waals surface area contributed by atoms with Crippen LogP contribution in [-0.4, -0.2) is 27.9 Å². The molecule has 1 amide bonds. The SMILES string of the molecule is C.COc1ccc(NC(=O)c2ccc(-c3cc(C(F)(F)F)nn3-c3ccccc3Cl)cc2)cc1O.[HH]. The van der Waals surface area contributed by atoms with Gasteiger partial charge in [0.15, 0.2) is 17.2 Å². The van der Waals surface area contributed by atoms with Crippen LogP contribution in [0.25, 0.3) is 16.9 Å². The molecule has 0 unspecified atom stereocenters. The number of ether oxygens (including phenoxy) is 1. The zero-order valence-corrected chi connectivity index (χ0v) is 18.4. The number of methoxy groups -OCH3 is 1. The number of rotatable bonds is 5. The number of phenolic OH excluding ortho intramolecular Hbond substituents is 1. The summed E-state index contributed by atoms with van der Waals surface area (Å²) in [5, 5.41) is 16.5. The predicted octanol–water partition coefficient (Wildman–Crippen LogP) is 7.06. The lowest BCUT2D eigenvalue weighted by Gasteiger charge is -2.11. The maximum Gasteiger partial charge on any atom is 0.435 e. The zero-order valence-electron chi connectivity index (χ0n) is 17.6. The van der Waals surface area contributed by atoms with E-state index >= 15 is 0 Å². The normalized spacial score (nSPS) is 11.0. The van der Waals surface area contributed by atoms with E-state index in [-0.39, 0.29) is 42.3 Å². The van der Waals surface area contributed by atoms with Crippen LogP contribution in [0.4, 0.5) is 18.9 Å². The minimum absolute atomic E-state index is 0. The van der Waals surface area contributed by atoms with E-state index in [1.54, 1.807) is 30.3 Å². The number of alkyl halides is 3. The molecule has 1 heterocycles. The lowest BCUT2D eigenvalue weighted by Crippen LogP contribution is -2.11. The minimum atomic E-state index is -4.65. The average molecular weight is 506 g/mol. The number of nitrogens with one attached hydrogen (secondary N) is 1. The van der Waals surface area contributed by atoms with Gasteiger partial charge in [0.05, 0.1) is 23.5 Å². The van der Waals surface area contributed by atoms with Gasteiger partial charge in [0.2, 0.25) is 0 Å². The minimum Gasteiger partial charge on any atom is -0.504 e. The summed E-state index contributed by atoms with van der Waals surface area (Å²) in [6.07, 6.45) is -4.65. The van der Waals surface area contributed by atoms with Crippen molar-refractivity contribution in [2.45, 2.75) is 13.6 Å². The topological polar surface area (TPSA) is 76.4 Å². The highest BCUT2D eigenvalue weighted by molar-refractivity contribution is 6.32. The third-order valence-corrected chi connectivity index (χ3v) is 5.28. The predicted molar refractivity (Wildman–Crippen MR) is 130 cm³/mol. The van der Waals surface area contributed by atoms with E-state index in [2.05, 4.69) is 10.4 Å². The molecule has 0 fully saturated rings. The highest BCUT2D eigenvalue weighted by atomic mass is 35.5. The molecule has 0 aliphatic rings. The van der Waals surface area contributed by atoms with Crippen LogP contribution in [0.3, 0.4) is 0 Å². The van der Waals surface area contributed by atoms with E-state index in [9.17, 15) is 23.1 Å². The summed E-state index contributed by atoms with van der Waals surface area (Å²) in [7, 11) is 1.41. The first-order chi connectivity index (χ1) is 16.2. The first kappa shape index (κ1) is 25.6. The molecule has 4 aromatic rings. The Hall–Kier alpha value is -3.98. The lowest BCUT2D eigenvalue weighted by molar-refractivity contribution is -0.141. The summed E-state index contributed by atoms with van der Waals surface area (Å²) >= 11 is 6.20. The molecular weight excluding hydrogens is 483 g/mol. The van der Waals surface area contributed by atoms with Gasteiger partial charge in [0.1, 0.15) is 0 Å². The van der Waals surface area contributed by atoms with Crippen LogP contribution in [-0.2, 0) is 6.18 Å². The largest absolute Gasteiger partial charge is 0.504 e. The summed E-state index contributed by atoms with van der Waals surface area (Å²) in [5.41, 5.74) is 0.395. The second-order valence-electron chi connectivity index (χ2n) is 7.19. The number of benzene rings is 3. The Morgan fingerprint density at radius 1 is 1.09 bits per heavy atom.